The van der Waals surface area contributed by atoms with Crippen LogP contribution in [0.1, 0.15) is 16.7 Å². The first-order valence-corrected chi connectivity index (χ1v) is 7.44. The molecule has 1 unspecified atom stereocenters. The Morgan fingerprint density at radius 1 is 0.812 bits per heavy atom. The summed E-state index contributed by atoms with van der Waals surface area (Å²) in [6.45, 7) is 0. The largest absolute Gasteiger partial charge is 0.184 e. The quantitative estimate of drug-likeness (QED) is 0.573. The number of rotatable bonds is 3. The van der Waals surface area contributed by atoms with Crippen LogP contribution < -0.4 is 0 Å². The summed E-state index contributed by atoms with van der Waals surface area (Å²) in [4.78, 5) is 0. The minimum Gasteiger partial charge on any atom is -0.170 e. The molecule has 1 atom stereocenters. The molecule has 0 spiro atoms. The monoisotopic (exact) mass is 264 g/mol. The summed E-state index contributed by atoms with van der Waals surface area (Å²) in [5, 5.41) is 0.758. The molecule has 3 heteroatoms. The summed E-state index contributed by atoms with van der Waals surface area (Å²) in [7, 11) is 0.330. The Morgan fingerprint density at radius 3 is 1.94 bits per heavy atom. The zero-order valence-electron chi connectivity index (χ0n) is 8.53. The van der Waals surface area contributed by atoms with Crippen molar-refractivity contribution in [1.29, 1.82) is 0 Å². The summed E-state index contributed by atoms with van der Waals surface area (Å²) in [5.74, 6) is 0. The van der Waals surface area contributed by atoms with E-state index in [9.17, 15) is 0 Å². The molecule has 0 aromatic heterocycles. The van der Waals surface area contributed by atoms with Crippen LogP contribution >= 0.6 is 22.7 Å². The molecule has 2 aromatic carbocycles. The minimum absolute atomic E-state index is 0.264. The van der Waals surface area contributed by atoms with Gasteiger partial charge >= 0.3 is 0 Å². The van der Waals surface area contributed by atoms with Crippen molar-refractivity contribution in [2.24, 2.45) is 0 Å². The van der Waals surface area contributed by atoms with Gasteiger partial charge in [-0.05, 0) is 23.3 Å². The molecule has 0 aliphatic carbocycles. The highest BCUT2D eigenvalue weighted by Crippen LogP contribution is 2.25. The molecule has 80 valence electrons. The van der Waals surface area contributed by atoms with E-state index in [1.807, 2.05) is 42.5 Å². The molecule has 0 saturated heterocycles. The van der Waals surface area contributed by atoms with Crippen molar-refractivity contribution in [2.45, 2.75) is 5.54 Å². The van der Waals surface area contributed by atoms with E-state index in [0.29, 0.717) is 8.83 Å². The molecule has 16 heavy (non-hydrogen) atoms. The van der Waals surface area contributed by atoms with Crippen LogP contribution in [0.25, 0.3) is 0 Å². The van der Waals surface area contributed by atoms with Gasteiger partial charge in [-0.3, -0.25) is 0 Å². The lowest BCUT2D eigenvalue weighted by molar-refractivity contribution is 1.13. The highest BCUT2D eigenvalue weighted by Gasteiger charge is 2.13. The van der Waals surface area contributed by atoms with Crippen LogP contribution in [0.15, 0.2) is 54.6 Å². The van der Waals surface area contributed by atoms with Crippen molar-refractivity contribution in [3.05, 3.63) is 70.7 Å². The second-order valence-corrected chi connectivity index (χ2v) is 5.39. The summed E-state index contributed by atoms with van der Waals surface area (Å²) >= 11 is 11.9. The molecule has 0 amide bonds. The lowest BCUT2D eigenvalue weighted by Gasteiger charge is -2.13. The maximum absolute atomic E-state index is 6.07. The normalized spacial score (nSPS) is 12.4. The van der Waals surface area contributed by atoms with E-state index in [0.717, 1.165) is 5.02 Å². The van der Waals surface area contributed by atoms with Crippen molar-refractivity contribution in [2.75, 3.05) is 0 Å². The predicted octanol–water partition coefficient (Wildman–Crippen LogP) is 4.29. The van der Waals surface area contributed by atoms with Gasteiger partial charge in [0.2, 0.25) is 0 Å². The molecule has 2 rings (SSSR count). The van der Waals surface area contributed by atoms with Crippen molar-refractivity contribution in [3.8, 4) is 0 Å². The fourth-order valence-electron chi connectivity index (χ4n) is 1.62. The van der Waals surface area contributed by atoms with Gasteiger partial charge in [-0.25, -0.2) is 0 Å². The van der Waals surface area contributed by atoms with E-state index in [1.54, 1.807) is 0 Å². The second-order valence-electron chi connectivity index (χ2n) is 3.50. The standard InChI is InChI=1S/C13H10Cl2Si/c14-12-8-6-11(7-9-12)13(16-15)10-4-2-1-3-5-10/h1-9,13H. The maximum Gasteiger partial charge on any atom is 0.184 e. The highest BCUT2D eigenvalue weighted by atomic mass is 35.6. The summed E-state index contributed by atoms with van der Waals surface area (Å²) in [6, 6.07) is 18.2. The van der Waals surface area contributed by atoms with E-state index < -0.39 is 0 Å². The Balaban J connectivity index is 2.33. The zero-order valence-corrected chi connectivity index (χ0v) is 11.0. The lowest BCUT2D eigenvalue weighted by Crippen LogP contribution is -2.05. The molecule has 2 radical (unpaired) electrons. The summed E-state index contributed by atoms with van der Waals surface area (Å²) < 4.78 is 0. The van der Waals surface area contributed by atoms with Gasteiger partial charge in [-0.1, -0.05) is 54.1 Å². The highest BCUT2D eigenvalue weighted by molar-refractivity contribution is 6.94. The Kier molecular flexibility index (Phi) is 4.05. The Morgan fingerprint density at radius 2 is 1.38 bits per heavy atom. The molecule has 0 bridgehead atoms. The molecular formula is C13H10Cl2Si. The SMILES string of the molecule is Cl[Si]C(c1ccccc1)c1ccc(Cl)cc1. The van der Waals surface area contributed by atoms with Gasteiger partial charge in [-0.15, -0.1) is 0 Å². The molecule has 0 N–H and O–H groups in total. The number of benzene rings is 2. The van der Waals surface area contributed by atoms with Gasteiger partial charge < -0.3 is 0 Å². The molecule has 0 aliphatic rings. The number of halogens is 2. The Bertz CT molecular complexity index is 439. The molecular weight excluding hydrogens is 255 g/mol. The third kappa shape index (κ3) is 2.67. The average Bonchev–Trinajstić information content (AvgIpc) is 2.34. The van der Waals surface area contributed by atoms with Crippen LogP contribution in [0.2, 0.25) is 5.02 Å². The molecule has 0 saturated carbocycles. The van der Waals surface area contributed by atoms with Crippen LogP contribution in [0.5, 0.6) is 0 Å². The third-order valence-electron chi connectivity index (χ3n) is 2.45. The van der Waals surface area contributed by atoms with Crippen molar-refractivity contribution in [3.63, 3.8) is 0 Å². The van der Waals surface area contributed by atoms with Crippen LogP contribution in [-0.2, 0) is 0 Å². The first kappa shape index (κ1) is 11.7. The summed E-state index contributed by atoms with van der Waals surface area (Å²) in [5.41, 5.74) is 2.72. The van der Waals surface area contributed by atoms with Crippen LogP contribution in [0, 0.1) is 0 Å². The van der Waals surface area contributed by atoms with E-state index in [4.69, 9.17) is 22.7 Å². The molecule has 0 aliphatic heterocycles. The van der Waals surface area contributed by atoms with E-state index in [-0.39, 0.29) is 5.54 Å². The Labute approximate surface area is 108 Å². The van der Waals surface area contributed by atoms with E-state index in [2.05, 4.69) is 12.1 Å². The van der Waals surface area contributed by atoms with Crippen molar-refractivity contribution >= 4 is 31.5 Å². The fourth-order valence-corrected chi connectivity index (χ4v) is 3.14. The fraction of sp³-hybridized carbons (Fsp3) is 0.0769. The first-order chi connectivity index (χ1) is 7.81. The van der Waals surface area contributed by atoms with Gasteiger partial charge in [0, 0.05) is 10.6 Å². The predicted molar refractivity (Wildman–Crippen MR) is 71.3 cm³/mol. The van der Waals surface area contributed by atoms with Crippen LogP contribution in [-0.4, -0.2) is 8.83 Å². The van der Waals surface area contributed by atoms with E-state index in [1.165, 1.54) is 11.1 Å². The zero-order chi connectivity index (χ0) is 11.4. The van der Waals surface area contributed by atoms with Crippen LogP contribution in [0.3, 0.4) is 0 Å². The lowest BCUT2D eigenvalue weighted by atomic mass is 10.0. The topological polar surface area (TPSA) is 0 Å². The van der Waals surface area contributed by atoms with Crippen molar-refractivity contribution < 1.29 is 0 Å². The minimum atomic E-state index is 0.264. The van der Waals surface area contributed by atoms with Gasteiger partial charge in [-0.2, -0.15) is 11.1 Å². The molecule has 0 heterocycles. The van der Waals surface area contributed by atoms with Gasteiger partial charge in [0.15, 0.2) is 8.83 Å². The molecule has 0 nitrogen and oxygen atoms in total. The van der Waals surface area contributed by atoms with E-state index >= 15 is 0 Å². The Hall–Kier alpha value is -0.763. The average molecular weight is 265 g/mol. The van der Waals surface area contributed by atoms with Crippen LogP contribution in [0.4, 0.5) is 0 Å². The molecule has 2 aromatic rings. The first-order valence-electron chi connectivity index (χ1n) is 4.98. The third-order valence-corrected chi connectivity index (χ3v) is 4.24. The van der Waals surface area contributed by atoms with Gasteiger partial charge in [0.1, 0.15) is 0 Å². The smallest absolute Gasteiger partial charge is 0.170 e. The van der Waals surface area contributed by atoms with Gasteiger partial charge in [0.05, 0.1) is 0 Å². The van der Waals surface area contributed by atoms with Gasteiger partial charge in [0.25, 0.3) is 0 Å². The number of hydrogen-bond donors (Lipinski definition) is 0. The number of hydrogen-bond acceptors (Lipinski definition) is 0. The summed E-state index contributed by atoms with van der Waals surface area (Å²) in [6.07, 6.45) is 0. The van der Waals surface area contributed by atoms with Crippen molar-refractivity contribution in [1.82, 2.24) is 0 Å². The second kappa shape index (κ2) is 5.53. The maximum atomic E-state index is 6.07. The molecule has 0 fully saturated rings.